The number of hydrogen-bond donors (Lipinski definition) is 0. The molecular formula is C13H17FN2. The molecule has 0 saturated carbocycles. The summed E-state index contributed by atoms with van der Waals surface area (Å²) in [5, 5.41) is 8.75. The standard InChI is InChI=1S/C13H17FN2/c1-10(2)4-5-16(3)13-7-11(9-15)6-12(14)8-13/h6-8,10H,4-5H2,1-3H3. The first kappa shape index (κ1) is 12.5. The second-order valence-corrected chi connectivity index (χ2v) is 4.41. The van der Waals surface area contributed by atoms with Gasteiger partial charge in [0.1, 0.15) is 5.82 Å². The van der Waals surface area contributed by atoms with Crippen molar-refractivity contribution in [1.29, 1.82) is 5.26 Å². The van der Waals surface area contributed by atoms with Gasteiger partial charge in [0.05, 0.1) is 11.6 Å². The van der Waals surface area contributed by atoms with Gasteiger partial charge in [-0.2, -0.15) is 5.26 Å². The van der Waals surface area contributed by atoms with Gasteiger partial charge in [-0.3, -0.25) is 0 Å². The van der Waals surface area contributed by atoms with Crippen LogP contribution in [0.3, 0.4) is 0 Å². The second-order valence-electron chi connectivity index (χ2n) is 4.41. The number of nitrogens with zero attached hydrogens (tertiary/aromatic N) is 2. The molecule has 0 saturated heterocycles. The van der Waals surface area contributed by atoms with Crippen molar-refractivity contribution in [1.82, 2.24) is 0 Å². The van der Waals surface area contributed by atoms with Gasteiger partial charge in [0.15, 0.2) is 0 Å². The number of anilines is 1. The summed E-state index contributed by atoms with van der Waals surface area (Å²) < 4.78 is 13.2. The molecule has 0 N–H and O–H groups in total. The maximum atomic E-state index is 13.2. The highest BCUT2D eigenvalue weighted by molar-refractivity contribution is 5.51. The largest absolute Gasteiger partial charge is 0.374 e. The summed E-state index contributed by atoms with van der Waals surface area (Å²) in [6, 6.07) is 6.38. The molecule has 0 bridgehead atoms. The molecule has 1 rings (SSSR count). The Balaban J connectivity index is 2.79. The van der Waals surface area contributed by atoms with E-state index >= 15 is 0 Å². The van der Waals surface area contributed by atoms with Crippen LogP contribution in [0.15, 0.2) is 18.2 Å². The fraction of sp³-hybridized carbons (Fsp3) is 0.462. The Labute approximate surface area is 96.3 Å². The first-order valence-electron chi connectivity index (χ1n) is 5.44. The minimum Gasteiger partial charge on any atom is -0.374 e. The summed E-state index contributed by atoms with van der Waals surface area (Å²) in [5.74, 6) is 0.261. The zero-order valence-corrected chi connectivity index (χ0v) is 10.00. The van der Waals surface area contributed by atoms with E-state index in [1.807, 2.05) is 18.0 Å². The van der Waals surface area contributed by atoms with E-state index in [4.69, 9.17) is 5.26 Å². The van der Waals surface area contributed by atoms with Gasteiger partial charge in [0, 0.05) is 19.3 Å². The van der Waals surface area contributed by atoms with Crippen molar-refractivity contribution in [3.8, 4) is 6.07 Å². The average molecular weight is 220 g/mol. The summed E-state index contributed by atoms with van der Waals surface area (Å²) >= 11 is 0. The monoisotopic (exact) mass is 220 g/mol. The molecule has 3 heteroatoms. The third-order valence-corrected chi connectivity index (χ3v) is 2.49. The molecule has 0 spiro atoms. The van der Waals surface area contributed by atoms with Crippen LogP contribution in [-0.2, 0) is 0 Å². The van der Waals surface area contributed by atoms with Crippen LogP contribution in [0.2, 0.25) is 0 Å². The Bertz CT molecular complexity index is 393. The van der Waals surface area contributed by atoms with Crippen LogP contribution in [0.25, 0.3) is 0 Å². The SMILES string of the molecule is CC(C)CCN(C)c1cc(F)cc(C#N)c1. The predicted octanol–water partition coefficient (Wildman–Crippen LogP) is 3.18. The van der Waals surface area contributed by atoms with E-state index in [0.29, 0.717) is 11.5 Å². The lowest BCUT2D eigenvalue weighted by Gasteiger charge is -2.20. The Kier molecular flexibility index (Phi) is 4.30. The Morgan fingerprint density at radius 1 is 1.38 bits per heavy atom. The van der Waals surface area contributed by atoms with Crippen LogP contribution in [0.1, 0.15) is 25.8 Å². The van der Waals surface area contributed by atoms with E-state index < -0.39 is 0 Å². The van der Waals surface area contributed by atoms with Gasteiger partial charge < -0.3 is 4.90 Å². The minimum atomic E-state index is -0.356. The number of hydrogen-bond acceptors (Lipinski definition) is 2. The first-order valence-corrected chi connectivity index (χ1v) is 5.44. The van der Waals surface area contributed by atoms with Crippen molar-refractivity contribution in [2.75, 3.05) is 18.5 Å². The van der Waals surface area contributed by atoms with Gasteiger partial charge in [0.25, 0.3) is 0 Å². The first-order chi connectivity index (χ1) is 7.52. The minimum absolute atomic E-state index is 0.356. The highest BCUT2D eigenvalue weighted by Crippen LogP contribution is 2.18. The van der Waals surface area contributed by atoms with Crippen LogP contribution in [0.4, 0.5) is 10.1 Å². The molecule has 86 valence electrons. The molecule has 1 aromatic rings. The molecule has 2 nitrogen and oxygen atoms in total. The van der Waals surface area contributed by atoms with Gasteiger partial charge in [-0.1, -0.05) is 13.8 Å². The molecule has 0 heterocycles. The van der Waals surface area contributed by atoms with Crippen LogP contribution < -0.4 is 4.90 Å². The molecule has 1 aromatic carbocycles. The summed E-state index contributed by atoms with van der Waals surface area (Å²) in [6.07, 6.45) is 1.05. The molecule has 0 unspecified atom stereocenters. The van der Waals surface area contributed by atoms with Crippen LogP contribution >= 0.6 is 0 Å². The molecular weight excluding hydrogens is 203 g/mol. The Hall–Kier alpha value is -1.56. The normalized spacial score (nSPS) is 10.2. The van der Waals surface area contributed by atoms with Gasteiger partial charge in [0.2, 0.25) is 0 Å². The molecule has 0 aliphatic heterocycles. The van der Waals surface area contributed by atoms with Crippen molar-refractivity contribution >= 4 is 5.69 Å². The zero-order chi connectivity index (χ0) is 12.1. The van der Waals surface area contributed by atoms with E-state index in [-0.39, 0.29) is 5.82 Å². The summed E-state index contributed by atoms with van der Waals surface area (Å²) in [6.45, 7) is 5.17. The van der Waals surface area contributed by atoms with Crippen molar-refractivity contribution < 1.29 is 4.39 Å². The highest BCUT2D eigenvalue weighted by atomic mass is 19.1. The lowest BCUT2D eigenvalue weighted by Crippen LogP contribution is -2.20. The fourth-order valence-corrected chi connectivity index (χ4v) is 1.44. The van der Waals surface area contributed by atoms with Crippen molar-refractivity contribution in [2.24, 2.45) is 5.92 Å². The van der Waals surface area contributed by atoms with E-state index in [1.54, 1.807) is 6.07 Å². The molecule has 0 amide bonds. The molecule has 0 aromatic heterocycles. The van der Waals surface area contributed by atoms with Gasteiger partial charge >= 0.3 is 0 Å². The smallest absolute Gasteiger partial charge is 0.126 e. The maximum absolute atomic E-state index is 13.2. The topological polar surface area (TPSA) is 27.0 Å². The third-order valence-electron chi connectivity index (χ3n) is 2.49. The van der Waals surface area contributed by atoms with Crippen molar-refractivity contribution in [3.63, 3.8) is 0 Å². The van der Waals surface area contributed by atoms with E-state index in [2.05, 4.69) is 13.8 Å². The molecule has 0 atom stereocenters. The van der Waals surface area contributed by atoms with Crippen LogP contribution in [0.5, 0.6) is 0 Å². The van der Waals surface area contributed by atoms with E-state index in [1.165, 1.54) is 12.1 Å². The molecule has 0 aliphatic carbocycles. The summed E-state index contributed by atoms with van der Waals surface area (Å²) in [7, 11) is 1.91. The maximum Gasteiger partial charge on any atom is 0.126 e. The summed E-state index contributed by atoms with van der Waals surface area (Å²) in [4.78, 5) is 1.98. The van der Waals surface area contributed by atoms with Crippen molar-refractivity contribution in [2.45, 2.75) is 20.3 Å². The molecule has 0 aliphatic rings. The fourth-order valence-electron chi connectivity index (χ4n) is 1.44. The highest BCUT2D eigenvalue weighted by Gasteiger charge is 2.05. The van der Waals surface area contributed by atoms with E-state index in [0.717, 1.165) is 18.7 Å². The van der Waals surface area contributed by atoms with Crippen LogP contribution in [-0.4, -0.2) is 13.6 Å². The zero-order valence-electron chi connectivity index (χ0n) is 10.00. The van der Waals surface area contributed by atoms with Gasteiger partial charge in [-0.25, -0.2) is 4.39 Å². The van der Waals surface area contributed by atoms with Crippen LogP contribution in [0, 0.1) is 23.1 Å². The van der Waals surface area contributed by atoms with E-state index in [9.17, 15) is 4.39 Å². The quantitative estimate of drug-likeness (QED) is 0.779. The number of benzene rings is 1. The number of rotatable bonds is 4. The molecule has 16 heavy (non-hydrogen) atoms. The number of nitriles is 1. The Morgan fingerprint density at radius 2 is 2.06 bits per heavy atom. The molecule has 0 fully saturated rings. The third kappa shape index (κ3) is 3.54. The predicted molar refractivity (Wildman–Crippen MR) is 63.8 cm³/mol. The number of halogens is 1. The lowest BCUT2D eigenvalue weighted by molar-refractivity contribution is 0.583. The second kappa shape index (κ2) is 5.50. The van der Waals surface area contributed by atoms with Gasteiger partial charge in [-0.15, -0.1) is 0 Å². The lowest BCUT2D eigenvalue weighted by atomic mass is 10.1. The summed E-state index contributed by atoms with van der Waals surface area (Å²) in [5.41, 5.74) is 1.13. The van der Waals surface area contributed by atoms with Gasteiger partial charge in [-0.05, 0) is 30.5 Å². The van der Waals surface area contributed by atoms with Crippen molar-refractivity contribution in [3.05, 3.63) is 29.6 Å². The average Bonchev–Trinajstić information content (AvgIpc) is 2.24. The molecule has 0 radical (unpaired) electrons. The Morgan fingerprint density at radius 3 is 2.62 bits per heavy atom.